The van der Waals surface area contributed by atoms with Gasteiger partial charge >= 0.3 is 5.69 Å². The van der Waals surface area contributed by atoms with Crippen LogP contribution in [-0.2, 0) is 19.5 Å². The molecule has 0 amide bonds. The van der Waals surface area contributed by atoms with E-state index in [9.17, 15) is 9.59 Å². The quantitative estimate of drug-likeness (QED) is 0.691. The summed E-state index contributed by atoms with van der Waals surface area (Å²) in [5, 5.41) is 3.89. The van der Waals surface area contributed by atoms with Gasteiger partial charge in [-0.3, -0.25) is 14.3 Å². The fourth-order valence-corrected chi connectivity index (χ4v) is 2.76. The molecule has 0 spiro atoms. The maximum Gasteiger partial charge on any atom is 0.330 e. The van der Waals surface area contributed by atoms with E-state index in [1.165, 1.54) is 4.57 Å². The largest absolute Gasteiger partial charge is 0.383 e. The Morgan fingerprint density at radius 2 is 2.04 bits per heavy atom. The number of anilines is 2. The molecule has 144 valence electrons. The molecule has 0 fully saturated rings. The van der Waals surface area contributed by atoms with E-state index in [2.05, 4.69) is 15.1 Å². The van der Waals surface area contributed by atoms with Crippen LogP contribution >= 0.6 is 0 Å². The van der Waals surface area contributed by atoms with Crippen LogP contribution in [0.3, 0.4) is 0 Å². The van der Waals surface area contributed by atoms with Gasteiger partial charge in [-0.2, -0.15) is 4.98 Å². The summed E-state index contributed by atoms with van der Waals surface area (Å²) >= 11 is 0. The Bertz CT molecular complexity index is 836. The van der Waals surface area contributed by atoms with Crippen molar-refractivity contribution in [2.45, 2.75) is 60.0 Å². The second-order valence-electron chi connectivity index (χ2n) is 6.73. The Hall–Kier alpha value is -2.58. The van der Waals surface area contributed by atoms with Gasteiger partial charge in [-0.25, -0.2) is 4.79 Å². The lowest BCUT2D eigenvalue weighted by Gasteiger charge is -2.26. The first-order valence-corrected chi connectivity index (χ1v) is 9.06. The van der Waals surface area contributed by atoms with Crippen LogP contribution in [-0.4, -0.2) is 26.2 Å². The third kappa shape index (κ3) is 4.53. The number of aryl methyl sites for hydroxylation is 1. The highest BCUT2D eigenvalue weighted by Crippen LogP contribution is 2.20. The van der Waals surface area contributed by atoms with Crippen LogP contribution in [0.5, 0.6) is 0 Å². The highest BCUT2D eigenvalue weighted by atomic mass is 16.5. The monoisotopic (exact) mass is 364 g/mol. The second-order valence-corrected chi connectivity index (χ2v) is 6.73. The first-order valence-electron chi connectivity index (χ1n) is 9.06. The van der Waals surface area contributed by atoms with Crippen LogP contribution in [0.4, 0.5) is 11.5 Å². The van der Waals surface area contributed by atoms with Gasteiger partial charge in [-0.15, -0.1) is 0 Å². The van der Waals surface area contributed by atoms with E-state index in [1.807, 2.05) is 27.7 Å². The normalized spacial score (nSPS) is 11.3. The van der Waals surface area contributed by atoms with E-state index in [0.29, 0.717) is 31.2 Å². The van der Waals surface area contributed by atoms with Gasteiger partial charge in [0.2, 0.25) is 5.89 Å². The van der Waals surface area contributed by atoms with Crippen LogP contribution < -0.4 is 21.9 Å². The molecule has 2 aromatic rings. The molecule has 0 atom stereocenters. The van der Waals surface area contributed by atoms with Crippen LogP contribution in [0.1, 0.15) is 52.3 Å². The Labute approximate surface area is 152 Å². The number of H-pyrrole nitrogens is 1. The molecule has 2 heterocycles. The summed E-state index contributed by atoms with van der Waals surface area (Å²) in [5.74, 6) is 1.45. The van der Waals surface area contributed by atoms with Gasteiger partial charge in [0.25, 0.3) is 5.56 Å². The van der Waals surface area contributed by atoms with Crippen molar-refractivity contribution in [3.8, 4) is 0 Å². The van der Waals surface area contributed by atoms with E-state index < -0.39 is 11.2 Å². The van der Waals surface area contributed by atoms with Crippen molar-refractivity contribution in [1.82, 2.24) is 19.7 Å². The Morgan fingerprint density at radius 3 is 2.62 bits per heavy atom. The first kappa shape index (κ1) is 19.7. The minimum absolute atomic E-state index is 0.170. The number of aromatic amines is 1. The minimum Gasteiger partial charge on any atom is -0.383 e. The van der Waals surface area contributed by atoms with E-state index in [-0.39, 0.29) is 24.0 Å². The summed E-state index contributed by atoms with van der Waals surface area (Å²) in [7, 11) is 0. The summed E-state index contributed by atoms with van der Waals surface area (Å²) in [6.45, 7) is 9.31. The molecule has 0 bridgehead atoms. The maximum absolute atomic E-state index is 12.5. The molecule has 9 nitrogen and oxygen atoms in total. The third-order valence-corrected chi connectivity index (χ3v) is 4.00. The molecule has 3 N–H and O–H groups in total. The zero-order valence-corrected chi connectivity index (χ0v) is 15.9. The topological polar surface area (TPSA) is 123 Å². The zero-order valence-electron chi connectivity index (χ0n) is 15.9. The molecular weight excluding hydrogens is 336 g/mol. The number of nitrogens with zero attached hydrogens (tertiary/aromatic N) is 4. The molecule has 0 saturated heterocycles. The Kier molecular flexibility index (Phi) is 6.59. The average Bonchev–Trinajstić information content (AvgIpc) is 3.01. The maximum atomic E-state index is 12.5. The molecule has 0 radical (unpaired) electrons. The molecule has 0 unspecified atom stereocenters. The van der Waals surface area contributed by atoms with Gasteiger partial charge < -0.3 is 15.2 Å². The molecule has 2 rings (SSSR count). The van der Waals surface area contributed by atoms with Gasteiger partial charge in [0.1, 0.15) is 11.5 Å². The molecular formula is C17H28N6O3. The van der Waals surface area contributed by atoms with Crippen LogP contribution in [0.2, 0.25) is 0 Å². The molecule has 2 aromatic heterocycles. The molecule has 9 heteroatoms. The third-order valence-electron chi connectivity index (χ3n) is 4.00. The minimum atomic E-state index is -0.504. The fraction of sp³-hybridized carbons (Fsp3) is 0.647. The average molecular weight is 364 g/mol. The van der Waals surface area contributed by atoms with Crippen LogP contribution in [0.25, 0.3) is 0 Å². The Balaban J connectivity index is 2.46. The summed E-state index contributed by atoms with van der Waals surface area (Å²) in [4.78, 5) is 33.1. The van der Waals surface area contributed by atoms with Gasteiger partial charge in [0, 0.05) is 19.5 Å². The van der Waals surface area contributed by atoms with Crippen molar-refractivity contribution in [2.24, 2.45) is 5.92 Å². The van der Waals surface area contributed by atoms with Gasteiger partial charge in [0.05, 0.1) is 6.54 Å². The summed E-state index contributed by atoms with van der Waals surface area (Å²) in [5.41, 5.74) is 5.50. The lowest BCUT2D eigenvalue weighted by atomic mass is 10.2. The van der Waals surface area contributed by atoms with Crippen LogP contribution in [0, 0.1) is 5.92 Å². The van der Waals surface area contributed by atoms with Crippen molar-refractivity contribution in [3.05, 3.63) is 32.6 Å². The van der Waals surface area contributed by atoms with Crippen LogP contribution in [0.15, 0.2) is 14.1 Å². The van der Waals surface area contributed by atoms with E-state index in [1.54, 1.807) is 4.90 Å². The Morgan fingerprint density at radius 1 is 1.31 bits per heavy atom. The summed E-state index contributed by atoms with van der Waals surface area (Å²) in [6.07, 6.45) is 2.37. The van der Waals surface area contributed by atoms with E-state index in [0.717, 1.165) is 12.8 Å². The number of hydrogen-bond donors (Lipinski definition) is 2. The number of hydrogen-bond acceptors (Lipinski definition) is 7. The molecule has 0 aromatic carbocycles. The fourth-order valence-electron chi connectivity index (χ4n) is 2.76. The molecule has 0 aliphatic carbocycles. The smallest absolute Gasteiger partial charge is 0.330 e. The number of aromatic nitrogens is 4. The molecule has 0 aliphatic heterocycles. The lowest BCUT2D eigenvalue weighted by Crippen LogP contribution is -2.39. The summed E-state index contributed by atoms with van der Waals surface area (Å²) in [6, 6.07) is 0. The van der Waals surface area contributed by atoms with Crippen molar-refractivity contribution in [1.29, 1.82) is 0 Å². The van der Waals surface area contributed by atoms with E-state index >= 15 is 0 Å². The van der Waals surface area contributed by atoms with Crippen molar-refractivity contribution >= 4 is 11.5 Å². The molecule has 26 heavy (non-hydrogen) atoms. The SMILES string of the molecule is CCCCn1c(N)c(N(Cc2nc(CC)no2)CC(C)C)c(=O)[nH]c1=O. The standard InChI is InChI=1S/C17H28N6O3/c1-5-7-8-23-15(18)14(16(24)20-17(23)25)22(9-11(3)4)10-13-19-12(6-2)21-26-13/h11H,5-10,18H2,1-4H3,(H,20,24,25). The predicted octanol–water partition coefficient (Wildman–Crippen LogP) is 1.53. The van der Waals surface area contributed by atoms with Gasteiger partial charge in [-0.05, 0) is 12.3 Å². The number of nitrogen functional groups attached to an aromatic ring is 1. The second kappa shape index (κ2) is 8.68. The van der Waals surface area contributed by atoms with Gasteiger partial charge in [0.15, 0.2) is 5.82 Å². The van der Waals surface area contributed by atoms with Gasteiger partial charge in [-0.1, -0.05) is 39.3 Å². The van der Waals surface area contributed by atoms with Crippen molar-refractivity contribution in [2.75, 3.05) is 17.2 Å². The van der Waals surface area contributed by atoms with Crippen molar-refractivity contribution < 1.29 is 4.52 Å². The predicted molar refractivity (Wildman–Crippen MR) is 100 cm³/mol. The van der Waals surface area contributed by atoms with Crippen molar-refractivity contribution in [3.63, 3.8) is 0 Å². The first-order chi connectivity index (χ1) is 12.4. The lowest BCUT2D eigenvalue weighted by molar-refractivity contribution is 0.369. The highest BCUT2D eigenvalue weighted by Gasteiger charge is 2.22. The van der Waals surface area contributed by atoms with E-state index in [4.69, 9.17) is 10.3 Å². The highest BCUT2D eigenvalue weighted by molar-refractivity contribution is 5.62. The number of nitrogens with two attached hydrogens (primary N) is 1. The number of rotatable bonds is 9. The molecule has 0 aliphatic rings. The number of nitrogens with one attached hydrogen (secondary N) is 1. The zero-order chi connectivity index (χ0) is 19.3. The summed E-state index contributed by atoms with van der Waals surface area (Å²) < 4.78 is 6.68. The number of unbranched alkanes of at least 4 members (excludes halogenated alkanes) is 1. The molecule has 0 saturated carbocycles.